The molecule has 3 heteroatoms. The van der Waals surface area contributed by atoms with E-state index in [9.17, 15) is 0 Å². The summed E-state index contributed by atoms with van der Waals surface area (Å²) in [4.78, 5) is 1.79. The molecular formula is C38H31F2N. The fraction of sp³-hybridized carbons (Fsp3) is 0.105. The van der Waals surface area contributed by atoms with Crippen molar-refractivity contribution in [1.29, 1.82) is 0 Å². The fourth-order valence-corrected chi connectivity index (χ4v) is 5.61. The van der Waals surface area contributed by atoms with Crippen LogP contribution in [0, 0.1) is 11.6 Å². The van der Waals surface area contributed by atoms with Gasteiger partial charge in [-0.2, -0.15) is 0 Å². The van der Waals surface area contributed by atoms with E-state index in [0.29, 0.717) is 11.4 Å². The molecule has 0 amide bonds. The Bertz CT molecular complexity index is 1850. The third-order valence-corrected chi connectivity index (χ3v) is 7.44. The van der Waals surface area contributed by atoms with Crippen LogP contribution < -0.4 is 4.90 Å². The second-order valence-electron chi connectivity index (χ2n) is 11.3. The zero-order valence-corrected chi connectivity index (χ0v) is 23.4. The van der Waals surface area contributed by atoms with Crippen molar-refractivity contribution in [1.82, 2.24) is 0 Å². The molecule has 41 heavy (non-hydrogen) atoms. The van der Waals surface area contributed by atoms with Gasteiger partial charge in [-0.05, 0) is 89.7 Å². The Labute approximate surface area is 240 Å². The maximum atomic E-state index is 16.3. The number of hydrogen-bond donors (Lipinski definition) is 0. The molecule has 6 aromatic rings. The maximum absolute atomic E-state index is 16.3. The largest absolute Gasteiger partial charge is 0.331 e. The Hall–Kier alpha value is -4.76. The third-order valence-electron chi connectivity index (χ3n) is 7.44. The van der Waals surface area contributed by atoms with Crippen LogP contribution in [0.4, 0.5) is 20.2 Å². The number of anilines is 2. The van der Waals surface area contributed by atoms with E-state index < -0.39 is 17.2 Å². The highest BCUT2D eigenvalue weighted by Gasteiger charge is 2.32. The minimum atomic E-state index is -0.636. The van der Waals surface area contributed by atoms with E-state index in [1.54, 1.807) is 23.1 Å². The highest BCUT2D eigenvalue weighted by molar-refractivity contribution is 5.96. The number of fused-ring (bicyclic) bond motifs is 1. The van der Waals surface area contributed by atoms with Gasteiger partial charge in [-0.3, -0.25) is 0 Å². The van der Waals surface area contributed by atoms with Crippen molar-refractivity contribution < 1.29 is 8.78 Å². The number of halogens is 2. The van der Waals surface area contributed by atoms with Gasteiger partial charge in [0.15, 0.2) is 0 Å². The molecule has 0 radical (unpaired) electrons. The van der Waals surface area contributed by atoms with Crippen molar-refractivity contribution in [3.63, 3.8) is 0 Å². The Kier molecular flexibility index (Phi) is 6.88. The van der Waals surface area contributed by atoms with E-state index in [-0.39, 0.29) is 0 Å². The lowest BCUT2D eigenvalue weighted by Gasteiger charge is -2.40. The predicted octanol–water partition coefficient (Wildman–Crippen LogP) is 11.1. The first-order chi connectivity index (χ1) is 19.8. The monoisotopic (exact) mass is 539 g/mol. The average molecular weight is 540 g/mol. The van der Waals surface area contributed by atoms with Crippen LogP contribution in [0.2, 0.25) is 0 Å². The zero-order valence-electron chi connectivity index (χ0n) is 23.4. The first kappa shape index (κ1) is 26.5. The van der Waals surface area contributed by atoms with Crippen molar-refractivity contribution in [2.24, 2.45) is 0 Å². The minimum Gasteiger partial charge on any atom is -0.331 e. The summed E-state index contributed by atoms with van der Waals surface area (Å²) >= 11 is 0. The maximum Gasteiger partial charge on any atom is 0.147 e. The van der Waals surface area contributed by atoms with Crippen molar-refractivity contribution in [2.75, 3.05) is 4.90 Å². The molecule has 0 aliphatic rings. The first-order valence-corrected chi connectivity index (χ1v) is 13.8. The molecule has 0 bridgehead atoms. The number of rotatable bonds is 5. The highest BCUT2D eigenvalue weighted by atomic mass is 19.1. The number of benzene rings is 6. The molecule has 0 aromatic heterocycles. The van der Waals surface area contributed by atoms with Gasteiger partial charge < -0.3 is 4.90 Å². The van der Waals surface area contributed by atoms with Gasteiger partial charge in [-0.25, -0.2) is 8.78 Å². The number of para-hydroxylation sites is 1. The lowest BCUT2D eigenvalue weighted by molar-refractivity contribution is 0.527. The Morgan fingerprint density at radius 2 is 1.12 bits per heavy atom. The van der Waals surface area contributed by atoms with E-state index in [1.807, 2.05) is 81.4 Å². The molecule has 0 saturated carbocycles. The van der Waals surface area contributed by atoms with Crippen molar-refractivity contribution in [3.05, 3.63) is 145 Å². The Morgan fingerprint density at radius 3 is 1.88 bits per heavy atom. The molecule has 0 spiro atoms. The molecule has 202 valence electrons. The molecule has 6 aromatic carbocycles. The standard InChI is InChI=1S/C38H31F2N/c1-38(2,3)41(35-19-10-9-18-33(35)39)37-34(40)23-22-32(27-13-5-4-6-14-27)36(37)31-17-11-16-29(25-31)30-21-20-26-12-7-8-15-28(26)24-30/h4-25H,1-3H3. The summed E-state index contributed by atoms with van der Waals surface area (Å²) in [5.74, 6) is -0.809. The summed E-state index contributed by atoms with van der Waals surface area (Å²) in [6.45, 7) is 5.93. The summed E-state index contributed by atoms with van der Waals surface area (Å²) in [6, 6.07) is 42.8. The second-order valence-corrected chi connectivity index (χ2v) is 11.3. The smallest absolute Gasteiger partial charge is 0.147 e. The van der Waals surface area contributed by atoms with Gasteiger partial charge in [0, 0.05) is 11.1 Å². The van der Waals surface area contributed by atoms with Crippen molar-refractivity contribution >= 4 is 22.1 Å². The van der Waals surface area contributed by atoms with E-state index in [0.717, 1.165) is 38.8 Å². The topological polar surface area (TPSA) is 3.24 Å². The van der Waals surface area contributed by atoms with Gasteiger partial charge in [0.05, 0.1) is 11.4 Å². The lowest BCUT2D eigenvalue weighted by Crippen LogP contribution is -2.39. The lowest BCUT2D eigenvalue weighted by atomic mass is 9.89. The fourth-order valence-electron chi connectivity index (χ4n) is 5.61. The molecular weight excluding hydrogens is 508 g/mol. The summed E-state index contributed by atoms with van der Waals surface area (Å²) in [5.41, 5.74) is 5.55. The average Bonchev–Trinajstić information content (AvgIpc) is 2.98. The van der Waals surface area contributed by atoms with Crippen LogP contribution >= 0.6 is 0 Å². The van der Waals surface area contributed by atoms with Crippen LogP contribution in [-0.2, 0) is 0 Å². The van der Waals surface area contributed by atoms with Crippen LogP contribution in [0.5, 0.6) is 0 Å². The number of nitrogens with zero attached hydrogens (tertiary/aromatic N) is 1. The summed E-state index contributed by atoms with van der Waals surface area (Å²) in [5, 5.41) is 2.34. The molecule has 6 rings (SSSR count). The second kappa shape index (κ2) is 10.7. The Balaban J connectivity index is 1.64. The molecule has 0 heterocycles. The first-order valence-electron chi connectivity index (χ1n) is 13.8. The predicted molar refractivity (Wildman–Crippen MR) is 169 cm³/mol. The van der Waals surface area contributed by atoms with Gasteiger partial charge in [-0.15, -0.1) is 0 Å². The quantitative estimate of drug-likeness (QED) is 0.211. The number of hydrogen-bond acceptors (Lipinski definition) is 1. The van der Waals surface area contributed by atoms with Crippen LogP contribution in [0.1, 0.15) is 20.8 Å². The van der Waals surface area contributed by atoms with Crippen molar-refractivity contribution in [3.8, 4) is 33.4 Å². The summed E-state index contributed by atoms with van der Waals surface area (Å²) < 4.78 is 31.7. The zero-order chi connectivity index (χ0) is 28.6. The van der Waals surface area contributed by atoms with Gasteiger partial charge in [0.1, 0.15) is 11.6 Å². The summed E-state index contributed by atoms with van der Waals surface area (Å²) in [6.07, 6.45) is 0. The van der Waals surface area contributed by atoms with E-state index in [1.165, 1.54) is 17.5 Å². The van der Waals surface area contributed by atoms with Crippen LogP contribution in [0.3, 0.4) is 0 Å². The molecule has 0 unspecified atom stereocenters. The SMILES string of the molecule is CC(C)(C)N(c1ccccc1F)c1c(F)ccc(-c2ccccc2)c1-c1cccc(-c2ccc3ccccc3c2)c1. The van der Waals surface area contributed by atoms with E-state index >= 15 is 8.78 Å². The van der Waals surface area contributed by atoms with Crippen LogP contribution in [0.15, 0.2) is 133 Å². The van der Waals surface area contributed by atoms with Crippen LogP contribution in [0.25, 0.3) is 44.2 Å². The molecule has 0 N–H and O–H groups in total. The van der Waals surface area contributed by atoms with E-state index in [4.69, 9.17) is 0 Å². The van der Waals surface area contributed by atoms with Gasteiger partial charge in [0.2, 0.25) is 0 Å². The normalized spacial score (nSPS) is 11.5. The van der Waals surface area contributed by atoms with Crippen LogP contribution in [-0.4, -0.2) is 5.54 Å². The molecule has 0 aliphatic heterocycles. The minimum absolute atomic E-state index is 0.330. The third kappa shape index (κ3) is 5.12. The Morgan fingerprint density at radius 1 is 0.488 bits per heavy atom. The molecule has 0 atom stereocenters. The molecule has 0 aliphatic carbocycles. The molecule has 0 fully saturated rings. The van der Waals surface area contributed by atoms with Gasteiger partial charge in [-0.1, -0.05) is 103 Å². The van der Waals surface area contributed by atoms with Gasteiger partial charge >= 0.3 is 0 Å². The van der Waals surface area contributed by atoms with Gasteiger partial charge in [0.25, 0.3) is 0 Å². The van der Waals surface area contributed by atoms with E-state index in [2.05, 4.69) is 42.5 Å². The highest BCUT2D eigenvalue weighted by Crippen LogP contribution is 2.47. The molecule has 1 nitrogen and oxygen atoms in total. The molecule has 0 saturated heterocycles. The summed E-state index contributed by atoms with van der Waals surface area (Å²) in [7, 11) is 0. The van der Waals surface area contributed by atoms with Crippen molar-refractivity contribution in [2.45, 2.75) is 26.3 Å².